The first-order chi connectivity index (χ1) is 6.79. The minimum absolute atomic E-state index is 0.490. The standard InChI is InChI=1S/C13H11N/c1-10-2-4-13-9-11(6-7-14)3-5-12(13)8-10/h2-5,8-9H,6H2,1H3. The zero-order valence-corrected chi connectivity index (χ0v) is 8.12. The van der Waals surface area contributed by atoms with Gasteiger partial charge in [0.05, 0.1) is 12.5 Å². The molecule has 0 aromatic heterocycles. The molecule has 0 unspecified atom stereocenters. The molecule has 0 heterocycles. The highest BCUT2D eigenvalue weighted by Gasteiger charge is 1.96. The van der Waals surface area contributed by atoms with Crippen LogP contribution < -0.4 is 0 Å². The van der Waals surface area contributed by atoms with Crippen molar-refractivity contribution < 1.29 is 0 Å². The van der Waals surface area contributed by atoms with Crippen molar-refractivity contribution in [2.45, 2.75) is 13.3 Å². The minimum atomic E-state index is 0.490. The zero-order chi connectivity index (χ0) is 9.97. The summed E-state index contributed by atoms with van der Waals surface area (Å²) in [6, 6.07) is 14.7. The quantitative estimate of drug-likeness (QED) is 0.662. The Morgan fingerprint density at radius 1 is 1.07 bits per heavy atom. The van der Waals surface area contributed by atoms with Crippen LogP contribution in [0.1, 0.15) is 11.1 Å². The number of hydrogen-bond donors (Lipinski definition) is 0. The molecule has 2 aromatic carbocycles. The lowest BCUT2D eigenvalue weighted by Crippen LogP contribution is -1.82. The predicted octanol–water partition coefficient (Wildman–Crippen LogP) is 3.21. The fraction of sp³-hybridized carbons (Fsp3) is 0.154. The van der Waals surface area contributed by atoms with Crippen molar-refractivity contribution in [3.05, 3.63) is 47.5 Å². The number of fused-ring (bicyclic) bond motifs is 1. The van der Waals surface area contributed by atoms with Crippen LogP contribution in [0.5, 0.6) is 0 Å². The van der Waals surface area contributed by atoms with Crippen LogP contribution >= 0.6 is 0 Å². The van der Waals surface area contributed by atoms with Crippen molar-refractivity contribution in [3.63, 3.8) is 0 Å². The van der Waals surface area contributed by atoms with E-state index in [1.165, 1.54) is 16.3 Å². The van der Waals surface area contributed by atoms with Gasteiger partial charge in [0.25, 0.3) is 0 Å². The van der Waals surface area contributed by atoms with E-state index in [4.69, 9.17) is 5.26 Å². The molecule has 14 heavy (non-hydrogen) atoms. The average molecular weight is 181 g/mol. The lowest BCUT2D eigenvalue weighted by atomic mass is 10.0. The second-order valence-corrected chi connectivity index (χ2v) is 3.52. The highest BCUT2D eigenvalue weighted by atomic mass is 14.2. The Labute approximate surface area is 83.6 Å². The van der Waals surface area contributed by atoms with Gasteiger partial charge in [0.15, 0.2) is 0 Å². The Morgan fingerprint density at radius 3 is 2.57 bits per heavy atom. The second-order valence-electron chi connectivity index (χ2n) is 3.52. The number of rotatable bonds is 1. The second kappa shape index (κ2) is 3.51. The third-order valence-corrected chi connectivity index (χ3v) is 2.34. The van der Waals surface area contributed by atoms with Crippen LogP contribution in [0.15, 0.2) is 36.4 Å². The Hall–Kier alpha value is -1.81. The summed E-state index contributed by atoms with van der Waals surface area (Å²) in [5.74, 6) is 0. The van der Waals surface area contributed by atoms with Crippen LogP contribution in [-0.2, 0) is 6.42 Å². The van der Waals surface area contributed by atoms with E-state index in [1.807, 2.05) is 6.07 Å². The van der Waals surface area contributed by atoms with Crippen LogP contribution in [0.4, 0.5) is 0 Å². The van der Waals surface area contributed by atoms with Gasteiger partial charge in [-0.3, -0.25) is 0 Å². The van der Waals surface area contributed by atoms with E-state index in [0.29, 0.717) is 6.42 Å². The van der Waals surface area contributed by atoms with Gasteiger partial charge in [-0.15, -0.1) is 0 Å². The molecule has 0 amide bonds. The summed E-state index contributed by atoms with van der Waals surface area (Å²) in [5, 5.41) is 11.0. The third kappa shape index (κ3) is 1.60. The molecule has 0 aliphatic heterocycles. The van der Waals surface area contributed by atoms with Crippen LogP contribution in [0.25, 0.3) is 10.8 Å². The molecule has 2 aromatic rings. The normalized spacial score (nSPS) is 10.0. The molecular formula is C13H11N. The summed E-state index contributed by atoms with van der Waals surface area (Å²) in [5.41, 5.74) is 2.36. The highest BCUT2D eigenvalue weighted by Crippen LogP contribution is 2.17. The van der Waals surface area contributed by atoms with E-state index in [-0.39, 0.29) is 0 Å². The van der Waals surface area contributed by atoms with E-state index < -0.39 is 0 Å². The maximum absolute atomic E-state index is 8.59. The predicted molar refractivity (Wildman–Crippen MR) is 58.0 cm³/mol. The average Bonchev–Trinajstić information content (AvgIpc) is 2.19. The lowest BCUT2D eigenvalue weighted by Gasteiger charge is -2.01. The number of nitriles is 1. The molecule has 1 heteroatoms. The van der Waals surface area contributed by atoms with Gasteiger partial charge >= 0.3 is 0 Å². The summed E-state index contributed by atoms with van der Waals surface area (Å²) >= 11 is 0. The molecule has 0 atom stereocenters. The van der Waals surface area contributed by atoms with Gasteiger partial charge in [-0.2, -0.15) is 5.26 Å². The van der Waals surface area contributed by atoms with Gasteiger partial charge in [-0.05, 0) is 23.3 Å². The number of hydrogen-bond acceptors (Lipinski definition) is 1. The first-order valence-corrected chi connectivity index (χ1v) is 4.66. The fourth-order valence-corrected chi connectivity index (χ4v) is 1.62. The van der Waals surface area contributed by atoms with Crippen LogP contribution in [0.3, 0.4) is 0 Å². The maximum Gasteiger partial charge on any atom is 0.0669 e. The zero-order valence-electron chi connectivity index (χ0n) is 8.12. The number of aryl methyl sites for hydroxylation is 1. The number of benzene rings is 2. The van der Waals surface area contributed by atoms with Crippen molar-refractivity contribution in [1.29, 1.82) is 5.26 Å². The van der Waals surface area contributed by atoms with Gasteiger partial charge in [0.1, 0.15) is 0 Å². The Morgan fingerprint density at radius 2 is 1.79 bits per heavy atom. The summed E-state index contributed by atoms with van der Waals surface area (Å²) in [6.45, 7) is 2.09. The third-order valence-electron chi connectivity index (χ3n) is 2.34. The summed E-state index contributed by atoms with van der Waals surface area (Å²) in [4.78, 5) is 0. The molecule has 0 fully saturated rings. The van der Waals surface area contributed by atoms with Crippen molar-refractivity contribution >= 4 is 10.8 Å². The summed E-state index contributed by atoms with van der Waals surface area (Å²) in [6.07, 6.45) is 0.490. The first kappa shape index (κ1) is 8.77. The molecule has 2 rings (SSSR count). The SMILES string of the molecule is Cc1ccc2cc(CC#N)ccc2c1. The molecule has 0 radical (unpaired) electrons. The smallest absolute Gasteiger partial charge is 0.0669 e. The number of nitrogens with zero attached hydrogens (tertiary/aromatic N) is 1. The minimum Gasteiger partial charge on any atom is -0.198 e. The van der Waals surface area contributed by atoms with Crippen LogP contribution in [0.2, 0.25) is 0 Å². The van der Waals surface area contributed by atoms with Gasteiger partial charge < -0.3 is 0 Å². The van der Waals surface area contributed by atoms with E-state index in [9.17, 15) is 0 Å². The van der Waals surface area contributed by atoms with Gasteiger partial charge in [-0.1, -0.05) is 42.0 Å². The molecule has 0 saturated carbocycles. The largest absolute Gasteiger partial charge is 0.198 e. The first-order valence-electron chi connectivity index (χ1n) is 4.66. The van der Waals surface area contributed by atoms with Gasteiger partial charge in [0.2, 0.25) is 0 Å². The molecule has 1 nitrogen and oxygen atoms in total. The fourth-order valence-electron chi connectivity index (χ4n) is 1.62. The Bertz CT molecular complexity index is 506. The Balaban J connectivity index is 2.57. The summed E-state index contributed by atoms with van der Waals surface area (Å²) in [7, 11) is 0. The Kier molecular flexibility index (Phi) is 2.20. The van der Waals surface area contributed by atoms with Crippen molar-refractivity contribution in [2.75, 3.05) is 0 Å². The van der Waals surface area contributed by atoms with E-state index in [2.05, 4.69) is 43.3 Å². The van der Waals surface area contributed by atoms with E-state index in [0.717, 1.165) is 5.56 Å². The molecule has 0 aliphatic rings. The van der Waals surface area contributed by atoms with Gasteiger partial charge in [0, 0.05) is 0 Å². The van der Waals surface area contributed by atoms with Crippen LogP contribution in [-0.4, -0.2) is 0 Å². The monoisotopic (exact) mass is 181 g/mol. The van der Waals surface area contributed by atoms with E-state index in [1.54, 1.807) is 0 Å². The molecule has 0 N–H and O–H groups in total. The van der Waals surface area contributed by atoms with Crippen molar-refractivity contribution in [3.8, 4) is 6.07 Å². The molecular weight excluding hydrogens is 170 g/mol. The van der Waals surface area contributed by atoms with Crippen LogP contribution in [0, 0.1) is 18.3 Å². The van der Waals surface area contributed by atoms with Crippen molar-refractivity contribution in [2.24, 2.45) is 0 Å². The van der Waals surface area contributed by atoms with Crippen molar-refractivity contribution in [1.82, 2.24) is 0 Å². The van der Waals surface area contributed by atoms with Gasteiger partial charge in [-0.25, -0.2) is 0 Å². The van der Waals surface area contributed by atoms with E-state index >= 15 is 0 Å². The highest BCUT2D eigenvalue weighted by molar-refractivity contribution is 5.83. The molecule has 68 valence electrons. The molecule has 0 aliphatic carbocycles. The summed E-state index contributed by atoms with van der Waals surface area (Å²) < 4.78 is 0. The topological polar surface area (TPSA) is 23.8 Å². The lowest BCUT2D eigenvalue weighted by molar-refractivity contribution is 1.27. The maximum atomic E-state index is 8.59. The molecule has 0 spiro atoms. The molecule has 0 saturated heterocycles. The molecule has 0 bridgehead atoms.